The van der Waals surface area contributed by atoms with Gasteiger partial charge in [0, 0.05) is 49.9 Å². The molecule has 0 radical (unpaired) electrons. The molecule has 5 rings (SSSR count). The summed E-state index contributed by atoms with van der Waals surface area (Å²) in [6, 6.07) is 6.24. The summed E-state index contributed by atoms with van der Waals surface area (Å²) >= 11 is 0. The Bertz CT molecular complexity index is 1280. The summed E-state index contributed by atoms with van der Waals surface area (Å²) in [5, 5.41) is 4.65. The van der Waals surface area contributed by atoms with Gasteiger partial charge < -0.3 is 10.6 Å². The van der Waals surface area contributed by atoms with Gasteiger partial charge in [-0.2, -0.15) is 5.10 Å². The lowest BCUT2D eigenvalue weighted by Gasteiger charge is -2.42. The van der Waals surface area contributed by atoms with Crippen LogP contribution in [0.15, 0.2) is 53.8 Å². The Morgan fingerprint density at radius 3 is 2.76 bits per heavy atom. The van der Waals surface area contributed by atoms with E-state index in [4.69, 9.17) is 10.7 Å². The van der Waals surface area contributed by atoms with Crippen LogP contribution >= 0.6 is 0 Å². The molecule has 7 heteroatoms. The van der Waals surface area contributed by atoms with Crippen LogP contribution in [0.5, 0.6) is 0 Å². The quantitative estimate of drug-likeness (QED) is 0.490. The molecule has 7 nitrogen and oxygen atoms in total. The largest absolute Gasteiger partial charge is 0.355 e. The van der Waals surface area contributed by atoms with Gasteiger partial charge in [-0.05, 0) is 67.9 Å². The van der Waals surface area contributed by atoms with Crippen LogP contribution in [0, 0.1) is 12.3 Å². The minimum Gasteiger partial charge on any atom is -0.355 e. The summed E-state index contributed by atoms with van der Waals surface area (Å²) in [5.41, 5.74) is 14.1. The summed E-state index contributed by atoms with van der Waals surface area (Å²) in [6.45, 7) is 10.0. The molecule has 0 saturated carbocycles. The fourth-order valence-corrected chi connectivity index (χ4v) is 5.49. The maximum absolute atomic E-state index is 6.75. The number of hydrogen-bond acceptors (Lipinski definition) is 6. The molecule has 1 spiro atoms. The smallest absolute Gasteiger partial charge is 0.155 e. The van der Waals surface area contributed by atoms with Gasteiger partial charge in [0.15, 0.2) is 5.82 Å². The highest BCUT2D eigenvalue weighted by molar-refractivity contribution is 5.91. The second-order valence-corrected chi connectivity index (χ2v) is 9.31. The number of piperidine rings is 1. The Balaban J connectivity index is 1.47. The molecule has 1 atom stereocenters. The fourth-order valence-electron chi connectivity index (χ4n) is 5.49. The van der Waals surface area contributed by atoms with E-state index in [-0.39, 0.29) is 11.5 Å². The molecule has 4 heterocycles. The fraction of sp³-hybridized carbons (Fsp3) is 0.385. The van der Waals surface area contributed by atoms with Gasteiger partial charge in [-0.15, -0.1) is 0 Å². The first-order chi connectivity index (χ1) is 15.9. The minimum atomic E-state index is 0.0545. The third-order valence-corrected chi connectivity index (χ3v) is 7.30. The number of nitrogens with two attached hydrogens (primary N) is 1. The number of nitrogens with zero attached hydrogens (tertiary/aromatic N) is 6. The van der Waals surface area contributed by atoms with E-state index in [1.165, 1.54) is 11.3 Å². The van der Waals surface area contributed by atoms with Gasteiger partial charge in [-0.25, -0.2) is 9.50 Å². The lowest BCUT2D eigenvalue weighted by Crippen LogP contribution is -2.44. The van der Waals surface area contributed by atoms with Gasteiger partial charge in [-0.1, -0.05) is 12.6 Å². The number of pyridine rings is 1. The van der Waals surface area contributed by atoms with Crippen LogP contribution in [0.3, 0.4) is 0 Å². The van der Waals surface area contributed by atoms with E-state index < -0.39 is 0 Å². The van der Waals surface area contributed by atoms with Crippen molar-refractivity contribution in [3.63, 3.8) is 0 Å². The second-order valence-electron chi connectivity index (χ2n) is 9.31. The number of anilines is 1. The SMILES string of the molecule is C=C(C)/C(=C\C=NC)c1c(C)nc(N2CCC3(CC2)Cc2ncccc2[C@H]3N)c2ccnn12. The second kappa shape index (κ2) is 8.23. The van der Waals surface area contributed by atoms with Crippen molar-refractivity contribution in [1.29, 1.82) is 0 Å². The van der Waals surface area contributed by atoms with Gasteiger partial charge in [0.1, 0.15) is 5.52 Å². The van der Waals surface area contributed by atoms with Crippen LogP contribution < -0.4 is 10.6 Å². The molecule has 33 heavy (non-hydrogen) atoms. The summed E-state index contributed by atoms with van der Waals surface area (Å²) in [5.74, 6) is 0.982. The summed E-state index contributed by atoms with van der Waals surface area (Å²) in [7, 11) is 1.76. The molecule has 0 amide bonds. The maximum atomic E-state index is 6.75. The molecular formula is C26H31N7. The van der Waals surface area contributed by atoms with E-state index in [2.05, 4.69) is 32.6 Å². The third-order valence-electron chi connectivity index (χ3n) is 7.30. The first-order valence-electron chi connectivity index (χ1n) is 11.5. The monoisotopic (exact) mass is 441 g/mol. The molecule has 1 aliphatic heterocycles. The minimum absolute atomic E-state index is 0.0545. The molecule has 2 N–H and O–H groups in total. The number of aromatic nitrogens is 4. The van der Waals surface area contributed by atoms with Crippen molar-refractivity contribution in [2.24, 2.45) is 16.1 Å². The molecular weight excluding hydrogens is 410 g/mol. The number of aliphatic imine (C=N–C) groups is 1. The zero-order chi connectivity index (χ0) is 23.2. The topological polar surface area (TPSA) is 84.7 Å². The van der Waals surface area contributed by atoms with E-state index >= 15 is 0 Å². The van der Waals surface area contributed by atoms with Crippen LogP contribution in [0.2, 0.25) is 0 Å². The van der Waals surface area contributed by atoms with Crippen LogP contribution in [0.1, 0.15) is 48.5 Å². The highest BCUT2D eigenvalue weighted by Gasteiger charge is 2.46. The van der Waals surface area contributed by atoms with Crippen molar-refractivity contribution in [1.82, 2.24) is 19.6 Å². The van der Waals surface area contributed by atoms with Crippen molar-refractivity contribution in [2.45, 2.75) is 39.2 Å². The Hall–Kier alpha value is -3.32. The van der Waals surface area contributed by atoms with Crippen LogP contribution in [0.25, 0.3) is 11.1 Å². The standard InChI is InChI=1S/C26H31N7/c1-17(2)19(7-12-28-4)23-18(3)31-25(22-8-13-30-33(22)23)32-14-9-26(10-15-32)16-21-20(24(26)27)6-5-11-29-21/h5-8,11-13,24H,1,9-10,14-16,27H2,2-4H3/b19-7+,28-12?/t24-/m1/s1. The van der Waals surface area contributed by atoms with Gasteiger partial charge in [-0.3, -0.25) is 9.98 Å². The lowest BCUT2D eigenvalue weighted by molar-refractivity contribution is 0.187. The highest BCUT2D eigenvalue weighted by Crippen LogP contribution is 2.50. The third kappa shape index (κ3) is 3.47. The molecule has 3 aromatic rings. The van der Waals surface area contributed by atoms with E-state index in [0.717, 1.165) is 66.2 Å². The predicted octanol–water partition coefficient (Wildman–Crippen LogP) is 3.94. The number of aryl methyl sites for hydroxylation is 1. The lowest BCUT2D eigenvalue weighted by atomic mass is 9.73. The van der Waals surface area contributed by atoms with Gasteiger partial charge >= 0.3 is 0 Å². The average molecular weight is 442 g/mol. The number of fused-ring (bicyclic) bond motifs is 2. The highest BCUT2D eigenvalue weighted by atomic mass is 15.3. The Kier molecular flexibility index (Phi) is 5.37. The predicted molar refractivity (Wildman–Crippen MR) is 134 cm³/mol. The molecule has 3 aromatic heterocycles. The summed E-state index contributed by atoms with van der Waals surface area (Å²) < 4.78 is 1.99. The molecule has 0 aromatic carbocycles. The van der Waals surface area contributed by atoms with Crippen molar-refractivity contribution in [3.05, 3.63) is 71.5 Å². The number of rotatable bonds is 4. The normalized spacial score (nSPS) is 20.2. The Morgan fingerprint density at radius 2 is 2.06 bits per heavy atom. The van der Waals surface area contributed by atoms with E-state index in [9.17, 15) is 0 Å². The first-order valence-corrected chi connectivity index (χ1v) is 11.5. The van der Waals surface area contributed by atoms with Crippen molar-refractivity contribution >= 4 is 23.1 Å². The number of hydrogen-bond donors (Lipinski definition) is 1. The van der Waals surface area contributed by atoms with Crippen LogP contribution in [0.4, 0.5) is 5.82 Å². The molecule has 170 valence electrons. The van der Waals surface area contributed by atoms with E-state index in [1.807, 2.05) is 49.0 Å². The maximum Gasteiger partial charge on any atom is 0.155 e. The molecule has 1 saturated heterocycles. The first kappa shape index (κ1) is 21.5. The Labute approximate surface area is 194 Å². The van der Waals surface area contributed by atoms with Gasteiger partial charge in [0.05, 0.1) is 17.6 Å². The zero-order valence-corrected chi connectivity index (χ0v) is 19.6. The van der Waals surface area contributed by atoms with E-state index in [0.29, 0.717) is 0 Å². The van der Waals surface area contributed by atoms with Crippen molar-refractivity contribution < 1.29 is 0 Å². The van der Waals surface area contributed by atoms with Crippen molar-refractivity contribution in [3.8, 4) is 0 Å². The van der Waals surface area contributed by atoms with Gasteiger partial charge in [0.25, 0.3) is 0 Å². The van der Waals surface area contributed by atoms with Crippen LogP contribution in [-0.4, -0.2) is 45.9 Å². The van der Waals surface area contributed by atoms with Gasteiger partial charge in [0.2, 0.25) is 0 Å². The summed E-state index contributed by atoms with van der Waals surface area (Å²) in [6.07, 6.45) is 10.5. The van der Waals surface area contributed by atoms with Crippen LogP contribution in [-0.2, 0) is 6.42 Å². The molecule has 1 fully saturated rings. The molecule has 1 aliphatic carbocycles. The zero-order valence-electron chi connectivity index (χ0n) is 19.6. The summed E-state index contributed by atoms with van der Waals surface area (Å²) in [4.78, 5) is 16.2. The Morgan fingerprint density at radius 1 is 1.27 bits per heavy atom. The number of allylic oxidation sites excluding steroid dienone is 3. The molecule has 0 unspecified atom stereocenters. The van der Waals surface area contributed by atoms with E-state index in [1.54, 1.807) is 13.3 Å². The van der Waals surface area contributed by atoms with Crippen molar-refractivity contribution in [2.75, 3.05) is 25.0 Å². The average Bonchev–Trinajstić information content (AvgIpc) is 3.39. The molecule has 0 bridgehead atoms. The molecule has 2 aliphatic rings.